The molecule has 1 fully saturated rings. The molecule has 1 aliphatic rings. The number of amides is 1. The van der Waals surface area contributed by atoms with Gasteiger partial charge in [0.25, 0.3) is 0 Å². The Hall–Kier alpha value is -2.92. The van der Waals surface area contributed by atoms with Crippen LogP contribution in [0.25, 0.3) is 0 Å². The van der Waals surface area contributed by atoms with E-state index in [1.807, 2.05) is 17.0 Å². The number of nitrogens with one attached hydrogen (secondary N) is 1. The molecule has 1 aromatic carbocycles. The predicted molar refractivity (Wildman–Crippen MR) is 107 cm³/mol. The summed E-state index contributed by atoms with van der Waals surface area (Å²) in [5.74, 6) is 0.0619. The Bertz CT molecular complexity index is 949. The van der Waals surface area contributed by atoms with Crippen LogP contribution >= 0.6 is 0 Å². The molecule has 1 saturated heterocycles. The van der Waals surface area contributed by atoms with Crippen LogP contribution in [0, 0.1) is 0 Å². The van der Waals surface area contributed by atoms with Crippen molar-refractivity contribution in [3.8, 4) is 0 Å². The molecule has 1 aromatic heterocycles. The normalized spacial score (nSPS) is 16.0. The van der Waals surface area contributed by atoms with Crippen molar-refractivity contribution in [1.29, 1.82) is 0 Å². The Balaban J connectivity index is 1.52. The van der Waals surface area contributed by atoms with Crippen LogP contribution in [0.4, 0.5) is 0 Å². The quantitative estimate of drug-likeness (QED) is 0.496. The van der Waals surface area contributed by atoms with Crippen LogP contribution in [-0.2, 0) is 22.3 Å². The number of aromatic nitrogens is 1. The van der Waals surface area contributed by atoms with Crippen molar-refractivity contribution in [3.63, 3.8) is 0 Å². The summed E-state index contributed by atoms with van der Waals surface area (Å²) >= 11 is 0. The standard InChI is InChI=1S/C18H24N6O4S/c1-20-18(21-12-14-2-4-15(5-3-14)17(19)25)23-7-9-24(10-8-23)29(26,27)13-16-6-11-28-22-16/h2-6,11H,7-10,12-13H2,1H3,(H2,19,25)(H,20,21). The molecule has 0 radical (unpaired) electrons. The second-order valence-corrected chi connectivity index (χ2v) is 8.56. The minimum atomic E-state index is -3.44. The summed E-state index contributed by atoms with van der Waals surface area (Å²) in [5, 5.41) is 6.94. The van der Waals surface area contributed by atoms with Crippen LogP contribution in [0.1, 0.15) is 21.6 Å². The number of hydrogen-bond acceptors (Lipinski definition) is 6. The third-order valence-electron chi connectivity index (χ3n) is 4.65. The van der Waals surface area contributed by atoms with Gasteiger partial charge < -0.3 is 20.5 Å². The molecule has 0 bridgehead atoms. The first-order valence-electron chi connectivity index (χ1n) is 9.10. The highest BCUT2D eigenvalue weighted by Crippen LogP contribution is 2.13. The van der Waals surface area contributed by atoms with Gasteiger partial charge in [0.15, 0.2) is 5.96 Å². The van der Waals surface area contributed by atoms with E-state index in [1.165, 1.54) is 10.6 Å². The van der Waals surface area contributed by atoms with Crippen molar-refractivity contribution in [3.05, 3.63) is 53.4 Å². The number of nitrogens with zero attached hydrogens (tertiary/aromatic N) is 4. The fourth-order valence-corrected chi connectivity index (χ4v) is 4.49. The number of aliphatic imine (C=N–C) groups is 1. The average Bonchev–Trinajstić information content (AvgIpc) is 3.21. The van der Waals surface area contributed by atoms with E-state index in [4.69, 9.17) is 10.3 Å². The first kappa shape index (κ1) is 20.8. The van der Waals surface area contributed by atoms with Gasteiger partial charge in [-0.25, -0.2) is 8.42 Å². The van der Waals surface area contributed by atoms with Gasteiger partial charge in [-0.2, -0.15) is 4.31 Å². The Morgan fingerprint density at radius 3 is 2.45 bits per heavy atom. The summed E-state index contributed by atoms with van der Waals surface area (Å²) in [5.41, 5.74) is 7.08. The van der Waals surface area contributed by atoms with Gasteiger partial charge in [0, 0.05) is 51.4 Å². The van der Waals surface area contributed by atoms with Crippen molar-refractivity contribution >= 4 is 21.9 Å². The third kappa shape index (κ3) is 5.33. The Kier molecular flexibility index (Phi) is 6.49. The second kappa shape index (κ2) is 9.05. The van der Waals surface area contributed by atoms with Crippen LogP contribution in [0.5, 0.6) is 0 Å². The van der Waals surface area contributed by atoms with E-state index in [-0.39, 0.29) is 5.75 Å². The first-order chi connectivity index (χ1) is 13.9. The minimum absolute atomic E-state index is 0.169. The summed E-state index contributed by atoms with van der Waals surface area (Å²) in [6.07, 6.45) is 1.36. The van der Waals surface area contributed by atoms with Crippen LogP contribution < -0.4 is 11.1 Å². The molecule has 2 aromatic rings. The molecule has 3 rings (SSSR count). The first-order valence-corrected chi connectivity index (χ1v) is 10.7. The second-order valence-electron chi connectivity index (χ2n) is 6.60. The highest BCUT2D eigenvalue weighted by atomic mass is 32.2. The number of rotatable bonds is 6. The van der Waals surface area contributed by atoms with Crippen molar-refractivity contribution in [2.24, 2.45) is 10.7 Å². The van der Waals surface area contributed by atoms with Crippen LogP contribution in [0.3, 0.4) is 0 Å². The number of carbonyl (C=O) groups is 1. The lowest BCUT2D eigenvalue weighted by atomic mass is 10.1. The van der Waals surface area contributed by atoms with E-state index in [0.717, 1.165) is 5.56 Å². The van der Waals surface area contributed by atoms with Crippen molar-refractivity contribution < 1.29 is 17.7 Å². The predicted octanol–water partition coefficient (Wildman–Crippen LogP) is -0.00350. The van der Waals surface area contributed by atoms with E-state index in [9.17, 15) is 13.2 Å². The number of benzene rings is 1. The van der Waals surface area contributed by atoms with Crippen LogP contribution in [0.15, 0.2) is 46.1 Å². The molecule has 0 saturated carbocycles. The van der Waals surface area contributed by atoms with E-state index in [1.54, 1.807) is 25.2 Å². The minimum Gasteiger partial charge on any atom is -0.366 e. The zero-order valence-corrected chi connectivity index (χ0v) is 16.9. The van der Waals surface area contributed by atoms with Crippen molar-refractivity contribution in [2.45, 2.75) is 12.3 Å². The fraction of sp³-hybridized carbons (Fsp3) is 0.389. The summed E-state index contributed by atoms with van der Waals surface area (Å²) in [7, 11) is -1.76. The zero-order chi connectivity index (χ0) is 20.9. The molecule has 1 aliphatic heterocycles. The molecule has 3 N–H and O–H groups in total. The highest BCUT2D eigenvalue weighted by molar-refractivity contribution is 7.88. The number of carbonyl (C=O) groups excluding carboxylic acids is 1. The maximum atomic E-state index is 12.5. The van der Waals surface area contributed by atoms with Gasteiger partial charge in [0.1, 0.15) is 12.0 Å². The number of nitrogens with two attached hydrogens (primary N) is 1. The fourth-order valence-electron chi connectivity index (χ4n) is 3.07. The molecule has 2 heterocycles. The highest BCUT2D eigenvalue weighted by Gasteiger charge is 2.28. The molecular formula is C18H24N6O4S. The summed E-state index contributed by atoms with van der Waals surface area (Å²) < 4.78 is 31.2. The van der Waals surface area contributed by atoms with Gasteiger partial charge in [0.2, 0.25) is 15.9 Å². The zero-order valence-electron chi connectivity index (χ0n) is 16.1. The molecule has 1 amide bonds. The van der Waals surface area contributed by atoms with E-state index in [2.05, 4.69) is 15.5 Å². The van der Waals surface area contributed by atoms with Crippen LogP contribution in [-0.4, -0.2) is 67.9 Å². The number of primary amides is 1. The lowest BCUT2D eigenvalue weighted by Gasteiger charge is -2.35. The Morgan fingerprint density at radius 2 is 1.90 bits per heavy atom. The summed E-state index contributed by atoms with van der Waals surface area (Å²) in [4.78, 5) is 17.4. The molecule has 0 aliphatic carbocycles. The number of hydrogen-bond donors (Lipinski definition) is 2. The molecule has 29 heavy (non-hydrogen) atoms. The third-order valence-corrected chi connectivity index (χ3v) is 6.47. The van der Waals surface area contributed by atoms with Gasteiger partial charge in [-0.3, -0.25) is 9.79 Å². The molecule has 0 spiro atoms. The van der Waals surface area contributed by atoms with Gasteiger partial charge in [0.05, 0.1) is 5.69 Å². The number of guanidine groups is 1. The van der Waals surface area contributed by atoms with Crippen molar-refractivity contribution in [2.75, 3.05) is 33.2 Å². The largest absolute Gasteiger partial charge is 0.366 e. The lowest BCUT2D eigenvalue weighted by molar-refractivity contribution is 0.1000. The Labute approximate surface area is 169 Å². The summed E-state index contributed by atoms with van der Waals surface area (Å²) in [6, 6.07) is 8.57. The van der Waals surface area contributed by atoms with Gasteiger partial charge in [-0.1, -0.05) is 17.3 Å². The smallest absolute Gasteiger partial charge is 0.248 e. The average molecular weight is 420 g/mol. The number of sulfonamides is 1. The van der Waals surface area contributed by atoms with E-state index in [0.29, 0.717) is 49.9 Å². The van der Waals surface area contributed by atoms with Crippen molar-refractivity contribution in [1.82, 2.24) is 19.7 Å². The maximum absolute atomic E-state index is 12.5. The molecule has 11 heteroatoms. The topological polar surface area (TPSA) is 134 Å². The number of piperazine rings is 1. The summed E-state index contributed by atoms with van der Waals surface area (Å²) in [6.45, 7) is 2.31. The van der Waals surface area contributed by atoms with E-state index >= 15 is 0 Å². The molecule has 0 unspecified atom stereocenters. The van der Waals surface area contributed by atoms with Gasteiger partial charge in [-0.05, 0) is 17.7 Å². The molecule has 10 nitrogen and oxygen atoms in total. The van der Waals surface area contributed by atoms with E-state index < -0.39 is 15.9 Å². The SMILES string of the molecule is CN=C(NCc1ccc(C(N)=O)cc1)N1CCN(S(=O)(=O)Cc2ccon2)CC1. The maximum Gasteiger partial charge on any atom is 0.248 e. The van der Waals surface area contributed by atoms with Gasteiger partial charge >= 0.3 is 0 Å². The van der Waals surface area contributed by atoms with Gasteiger partial charge in [-0.15, -0.1) is 0 Å². The monoisotopic (exact) mass is 420 g/mol. The molecular weight excluding hydrogens is 396 g/mol. The molecule has 0 atom stereocenters. The lowest BCUT2D eigenvalue weighted by Crippen LogP contribution is -2.53. The Morgan fingerprint density at radius 1 is 1.21 bits per heavy atom. The molecule has 156 valence electrons. The van der Waals surface area contributed by atoms with Crippen LogP contribution in [0.2, 0.25) is 0 Å².